The van der Waals surface area contributed by atoms with Gasteiger partial charge < -0.3 is 16.4 Å². The second kappa shape index (κ2) is 9.95. The Bertz CT molecular complexity index is 447. The summed E-state index contributed by atoms with van der Waals surface area (Å²) in [6.07, 6.45) is 10.8. The molecule has 1 aliphatic rings. The van der Waals surface area contributed by atoms with Crippen LogP contribution in [0, 0.1) is 0 Å². The topological polar surface area (TPSA) is 84.2 Å². The van der Waals surface area contributed by atoms with Crippen LogP contribution in [0.3, 0.4) is 0 Å². The number of carbonyl (C=O) groups excluding carboxylic acids is 2. The molecule has 0 atom stereocenters. The van der Waals surface area contributed by atoms with Gasteiger partial charge in [-0.05, 0) is 32.6 Å². The van der Waals surface area contributed by atoms with E-state index in [0.29, 0.717) is 18.5 Å². The molecule has 0 aromatic heterocycles. The summed E-state index contributed by atoms with van der Waals surface area (Å²) in [5.74, 6) is -0.0621. The summed E-state index contributed by atoms with van der Waals surface area (Å²) in [5.41, 5.74) is 5.97. The van der Waals surface area contributed by atoms with Gasteiger partial charge in [0.15, 0.2) is 0 Å². The molecule has 1 fully saturated rings. The highest BCUT2D eigenvalue weighted by Crippen LogP contribution is 2.19. The Morgan fingerprint density at radius 1 is 1.18 bits per heavy atom. The van der Waals surface area contributed by atoms with Crippen molar-refractivity contribution in [2.75, 3.05) is 6.54 Å². The van der Waals surface area contributed by atoms with E-state index in [2.05, 4.69) is 17.2 Å². The molecule has 1 saturated carbocycles. The first-order valence-electron chi connectivity index (χ1n) is 7.86. The Balaban J connectivity index is 2.42. The van der Waals surface area contributed by atoms with Crippen molar-refractivity contribution >= 4 is 11.8 Å². The molecule has 5 heteroatoms. The van der Waals surface area contributed by atoms with Gasteiger partial charge in [0.05, 0.1) is 0 Å². The van der Waals surface area contributed by atoms with Crippen LogP contribution in [0.25, 0.3) is 0 Å². The van der Waals surface area contributed by atoms with Gasteiger partial charge in [-0.1, -0.05) is 30.9 Å². The predicted octanol–water partition coefficient (Wildman–Crippen LogP) is 1.57. The van der Waals surface area contributed by atoms with Crippen molar-refractivity contribution in [3.63, 3.8) is 0 Å². The van der Waals surface area contributed by atoms with Gasteiger partial charge >= 0.3 is 0 Å². The third kappa shape index (κ3) is 6.26. The maximum absolute atomic E-state index is 12.2. The Kier molecular flexibility index (Phi) is 8.22. The van der Waals surface area contributed by atoms with Crippen molar-refractivity contribution in [3.8, 4) is 0 Å². The lowest BCUT2D eigenvalue weighted by Gasteiger charge is -2.29. The predicted molar refractivity (Wildman–Crippen MR) is 89.1 cm³/mol. The third-order valence-electron chi connectivity index (χ3n) is 3.70. The number of amides is 2. The molecule has 4 N–H and O–H groups in total. The molecule has 0 aliphatic heterocycles. The third-order valence-corrected chi connectivity index (χ3v) is 3.70. The molecule has 1 aliphatic carbocycles. The van der Waals surface area contributed by atoms with Gasteiger partial charge in [0.2, 0.25) is 5.91 Å². The molecule has 0 unspecified atom stereocenters. The van der Waals surface area contributed by atoms with Gasteiger partial charge in [0.25, 0.3) is 5.91 Å². The summed E-state index contributed by atoms with van der Waals surface area (Å²) < 4.78 is 0. The van der Waals surface area contributed by atoms with Crippen LogP contribution in [-0.2, 0) is 9.59 Å². The number of carbonyl (C=O) groups is 2. The smallest absolute Gasteiger partial charge is 0.251 e. The van der Waals surface area contributed by atoms with Crippen LogP contribution in [0.4, 0.5) is 0 Å². The van der Waals surface area contributed by atoms with Gasteiger partial charge in [0, 0.05) is 30.6 Å². The number of hydrogen-bond acceptors (Lipinski definition) is 3. The number of nitrogens with one attached hydrogen (secondary N) is 2. The number of rotatable bonds is 7. The van der Waals surface area contributed by atoms with Crippen LogP contribution in [0.2, 0.25) is 0 Å². The SMILES string of the molecule is C=C/C=C(\C=C/C)C(=O)NC1CCC(NC(=O)CCN)CC1. The maximum Gasteiger partial charge on any atom is 0.251 e. The van der Waals surface area contributed by atoms with Crippen LogP contribution < -0.4 is 16.4 Å². The monoisotopic (exact) mass is 305 g/mol. The second-order valence-electron chi connectivity index (χ2n) is 5.49. The van der Waals surface area contributed by atoms with E-state index >= 15 is 0 Å². The van der Waals surface area contributed by atoms with E-state index in [0.717, 1.165) is 25.7 Å². The summed E-state index contributed by atoms with van der Waals surface area (Å²) in [5, 5.41) is 6.04. The van der Waals surface area contributed by atoms with E-state index in [4.69, 9.17) is 5.73 Å². The lowest BCUT2D eigenvalue weighted by atomic mass is 9.91. The van der Waals surface area contributed by atoms with Gasteiger partial charge in [0.1, 0.15) is 0 Å². The fraction of sp³-hybridized carbons (Fsp3) is 0.529. The average molecular weight is 305 g/mol. The molecule has 0 radical (unpaired) electrons. The lowest BCUT2D eigenvalue weighted by Crippen LogP contribution is -2.44. The van der Waals surface area contributed by atoms with E-state index < -0.39 is 0 Å². The first-order valence-corrected chi connectivity index (χ1v) is 7.86. The van der Waals surface area contributed by atoms with Crippen molar-refractivity contribution in [2.45, 2.75) is 51.1 Å². The quantitative estimate of drug-likeness (QED) is 0.493. The molecule has 5 nitrogen and oxygen atoms in total. The van der Waals surface area contributed by atoms with E-state index in [9.17, 15) is 9.59 Å². The number of hydrogen-bond donors (Lipinski definition) is 3. The maximum atomic E-state index is 12.2. The zero-order valence-corrected chi connectivity index (χ0v) is 13.3. The summed E-state index contributed by atoms with van der Waals surface area (Å²) in [6, 6.07) is 0.361. The van der Waals surface area contributed by atoms with Crippen LogP contribution in [0.5, 0.6) is 0 Å². The van der Waals surface area contributed by atoms with Crippen LogP contribution in [-0.4, -0.2) is 30.4 Å². The first-order chi connectivity index (χ1) is 10.6. The van der Waals surface area contributed by atoms with Crippen molar-refractivity contribution < 1.29 is 9.59 Å². The zero-order chi connectivity index (χ0) is 16.4. The molecular weight excluding hydrogens is 278 g/mol. The standard InChI is InChI=1S/C17H27N3O2/c1-3-5-13(6-4-2)17(22)20-15-9-7-14(8-10-15)19-16(21)11-12-18/h3-6,14-15H,1,7-12,18H2,2H3,(H,19,21)(H,20,22)/b6-4-,13-5+. The molecule has 22 heavy (non-hydrogen) atoms. The minimum absolute atomic E-state index is 0.0132. The Labute approximate surface area is 132 Å². The molecule has 0 spiro atoms. The van der Waals surface area contributed by atoms with E-state index in [1.807, 2.05) is 13.0 Å². The Morgan fingerprint density at radius 2 is 1.77 bits per heavy atom. The summed E-state index contributed by atoms with van der Waals surface area (Å²) in [7, 11) is 0. The first kappa shape index (κ1) is 18.2. The molecule has 0 aromatic rings. The molecule has 0 saturated heterocycles. The van der Waals surface area contributed by atoms with E-state index in [-0.39, 0.29) is 23.9 Å². The summed E-state index contributed by atoms with van der Waals surface area (Å²) in [6.45, 7) is 5.88. The fourth-order valence-electron chi connectivity index (χ4n) is 2.60. The molecule has 1 rings (SSSR count). The molecule has 2 amide bonds. The highest BCUT2D eigenvalue weighted by Gasteiger charge is 2.23. The van der Waals surface area contributed by atoms with E-state index in [1.54, 1.807) is 18.2 Å². The average Bonchev–Trinajstić information content (AvgIpc) is 2.49. The largest absolute Gasteiger partial charge is 0.353 e. The molecular formula is C17H27N3O2. The number of allylic oxidation sites excluding steroid dienone is 3. The second-order valence-corrected chi connectivity index (χ2v) is 5.49. The summed E-state index contributed by atoms with van der Waals surface area (Å²) >= 11 is 0. The van der Waals surface area contributed by atoms with Gasteiger partial charge in [-0.25, -0.2) is 0 Å². The molecule has 0 aromatic carbocycles. The fourth-order valence-corrected chi connectivity index (χ4v) is 2.60. The van der Waals surface area contributed by atoms with Gasteiger partial charge in [-0.2, -0.15) is 0 Å². The minimum Gasteiger partial charge on any atom is -0.353 e. The van der Waals surface area contributed by atoms with Crippen molar-refractivity contribution in [1.29, 1.82) is 0 Å². The lowest BCUT2D eigenvalue weighted by molar-refractivity contribution is -0.122. The van der Waals surface area contributed by atoms with Crippen molar-refractivity contribution in [3.05, 3.63) is 36.5 Å². The normalized spacial score (nSPS) is 22.4. The molecule has 122 valence electrons. The molecule has 0 bridgehead atoms. The highest BCUT2D eigenvalue weighted by atomic mass is 16.2. The highest BCUT2D eigenvalue weighted by molar-refractivity contribution is 5.96. The Hall–Kier alpha value is -1.88. The summed E-state index contributed by atoms with van der Waals surface area (Å²) in [4.78, 5) is 23.7. The zero-order valence-electron chi connectivity index (χ0n) is 13.3. The van der Waals surface area contributed by atoms with Crippen LogP contribution in [0.1, 0.15) is 39.0 Å². The van der Waals surface area contributed by atoms with Crippen molar-refractivity contribution in [1.82, 2.24) is 10.6 Å². The van der Waals surface area contributed by atoms with Crippen LogP contribution >= 0.6 is 0 Å². The van der Waals surface area contributed by atoms with Crippen molar-refractivity contribution in [2.24, 2.45) is 5.73 Å². The Morgan fingerprint density at radius 3 is 2.27 bits per heavy atom. The molecule has 0 heterocycles. The van der Waals surface area contributed by atoms with Crippen LogP contribution in [0.15, 0.2) is 36.5 Å². The van der Waals surface area contributed by atoms with Gasteiger partial charge in [-0.3, -0.25) is 9.59 Å². The van der Waals surface area contributed by atoms with E-state index in [1.165, 1.54) is 0 Å². The van der Waals surface area contributed by atoms with Gasteiger partial charge in [-0.15, -0.1) is 0 Å². The minimum atomic E-state index is -0.0754. The number of nitrogens with two attached hydrogens (primary N) is 1.